The number of carbonyl (C=O) groups excluding carboxylic acids is 1. The monoisotopic (exact) mass is 323 g/mol. The molecule has 0 unspecified atom stereocenters. The molecule has 0 bridgehead atoms. The second-order valence-corrected chi connectivity index (χ2v) is 4.96. The number of nitrogens with zero attached hydrogens (tertiary/aromatic N) is 2. The van der Waals surface area contributed by atoms with Crippen molar-refractivity contribution in [2.75, 3.05) is 6.54 Å². The van der Waals surface area contributed by atoms with E-state index >= 15 is 0 Å². The highest BCUT2D eigenvalue weighted by atomic mass is 79.9. The average molecular weight is 324 g/mol. The van der Waals surface area contributed by atoms with Crippen LogP contribution >= 0.6 is 15.9 Å². The van der Waals surface area contributed by atoms with Gasteiger partial charge in [-0.05, 0) is 34.5 Å². The van der Waals surface area contributed by atoms with Gasteiger partial charge >= 0.3 is 0 Å². The first-order chi connectivity index (χ1) is 9.08. The van der Waals surface area contributed by atoms with Crippen LogP contribution in [0.4, 0.5) is 0 Å². The van der Waals surface area contributed by atoms with E-state index in [-0.39, 0.29) is 5.91 Å². The molecule has 0 atom stereocenters. The van der Waals surface area contributed by atoms with Gasteiger partial charge in [-0.1, -0.05) is 17.3 Å². The van der Waals surface area contributed by atoms with E-state index in [1.807, 2.05) is 19.1 Å². The second-order valence-electron chi connectivity index (χ2n) is 4.17. The van der Waals surface area contributed by atoms with Crippen molar-refractivity contribution in [1.82, 2.24) is 15.5 Å². The molecule has 1 amide bonds. The van der Waals surface area contributed by atoms with Crippen LogP contribution in [0.25, 0.3) is 0 Å². The van der Waals surface area contributed by atoms with Crippen molar-refractivity contribution in [3.05, 3.63) is 45.5 Å². The first-order valence-electron chi connectivity index (χ1n) is 5.90. The Kier molecular flexibility index (Phi) is 4.31. The summed E-state index contributed by atoms with van der Waals surface area (Å²) in [6.07, 6.45) is 0.548. The van der Waals surface area contributed by atoms with Crippen LogP contribution in [0.5, 0.6) is 0 Å². The highest BCUT2D eigenvalue weighted by molar-refractivity contribution is 9.10. The van der Waals surface area contributed by atoms with Crippen molar-refractivity contribution in [3.63, 3.8) is 0 Å². The summed E-state index contributed by atoms with van der Waals surface area (Å²) in [5.41, 5.74) is 1.66. The molecule has 0 saturated heterocycles. The molecule has 0 radical (unpaired) electrons. The number of amides is 1. The number of carbonyl (C=O) groups is 1. The molecular weight excluding hydrogens is 310 g/mol. The zero-order chi connectivity index (χ0) is 13.8. The summed E-state index contributed by atoms with van der Waals surface area (Å²) in [6, 6.07) is 5.59. The van der Waals surface area contributed by atoms with E-state index in [4.69, 9.17) is 4.52 Å². The van der Waals surface area contributed by atoms with Crippen LogP contribution in [0, 0.1) is 13.8 Å². The number of nitrogens with one attached hydrogen (secondary N) is 1. The largest absolute Gasteiger partial charge is 0.352 e. The molecule has 1 heterocycles. The molecule has 1 aromatic heterocycles. The van der Waals surface area contributed by atoms with Crippen molar-refractivity contribution in [3.8, 4) is 0 Å². The molecule has 2 rings (SSSR count). The Hall–Kier alpha value is -1.69. The summed E-state index contributed by atoms with van der Waals surface area (Å²) in [7, 11) is 0. The SMILES string of the molecule is Cc1nc(CCNC(=O)c2cccc(C)c2Br)no1. The fourth-order valence-electron chi connectivity index (χ4n) is 1.65. The third kappa shape index (κ3) is 3.41. The standard InChI is InChI=1S/C13H14BrN3O2/c1-8-4-3-5-10(12(8)14)13(18)15-7-6-11-16-9(2)19-17-11/h3-5H,6-7H2,1-2H3,(H,15,18). The fourth-order valence-corrected chi connectivity index (χ4v) is 2.09. The summed E-state index contributed by atoms with van der Waals surface area (Å²) in [5, 5.41) is 6.60. The molecule has 5 nitrogen and oxygen atoms in total. The van der Waals surface area contributed by atoms with Crippen LogP contribution in [0.2, 0.25) is 0 Å². The predicted molar refractivity (Wildman–Crippen MR) is 74.0 cm³/mol. The van der Waals surface area contributed by atoms with E-state index in [9.17, 15) is 4.79 Å². The maximum absolute atomic E-state index is 12.0. The van der Waals surface area contributed by atoms with E-state index in [0.717, 1.165) is 10.0 Å². The normalized spacial score (nSPS) is 10.5. The minimum absolute atomic E-state index is 0.115. The fraction of sp³-hybridized carbons (Fsp3) is 0.308. The van der Waals surface area contributed by atoms with Gasteiger partial charge in [0.05, 0.1) is 5.56 Å². The summed E-state index contributed by atoms with van der Waals surface area (Å²) in [5.74, 6) is 1.01. The highest BCUT2D eigenvalue weighted by Gasteiger charge is 2.11. The lowest BCUT2D eigenvalue weighted by Crippen LogP contribution is -2.26. The average Bonchev–Trinajstić information content (AvgIpc) is 2.78. The van der Waals surface area contributed by atoms with Gasteiger partial charge in [0.25, 0.3) is 5.91 Å². The third-order valence-corrected chi connectivity index (χ3v) is 3.69. The third-order valence-electron chi connectivity index (χ3n) is 2.64. The molecule has 6 heteroatoms. The minimum Gasteiger partial charge on any atom is -0.352 e. The van der Waals surface area contributed by atoms with Gasteiger partial charge < -0.3 is 9.84 Å². The Balaban J connectivity index is 1.93. The number of rotatable bonds is 4. The zero-order valence-corrected chi connectivity index (χ0v) is 12.3. The first kappa shape index (κ1) is 13.7. The molecule has 0 spiro atoms. The van der Waals surface area contributed by atoms with Crippen molar-refractivity contribution < 1.29 is 9.32 Å². The summed E-state index contributed by atoms with van der Waals surface area (Å²) >= 11 is 3.42. The van der Waals surface area contributed by atoms with Gasteiger partial charge in [-0.15, -0.1) is 0 Å². The highest BCUT2D eigenvalue weighted by Crippen LogP contribution is 2.20. The Morgan fingerprint density at radius 3 is 2.89 bits per heavy atom. The van der Waals surface area contributed by atoms with Gasteiger partial charge in [0.2, 0.25) is 5.89 Å². The summed E-state index contributed by atoms with van der Waals surface area (Å²) in [6.45, 7) is 4.15. The van der Waals surface area contributed by atoms with Crippen LogP contribution in [-0.2, 0) is 6.42 Å². The van der Waals surface area contributed by atoms with Crippen molar-refractivity contribution >= 4 is 21.8 Å². The molecule has 2 aromatic rings. The number of hydrogen-bond donors (Lipinski definition) is 1. The smallest absolute Gasteiger partial charge is 0.252 e. The quantitative estimate of drug-likeness (QED) is 0.938. The van der Waals surface area contributed by atoms with Gasteiger partial charge in [0, 0.05) is 24.4 Å². The Morgan fingerprint density at radius 2 is 2.21 bits per heavy atom. The molecule has 0 fully saturated rings. The van der Waals surface area contributed by atoms with Crippen LogP contribution in [-0.4, -0.2) is 22.6 Å². The van der Waals surface area contributed by atoms with Gasteiger partial charge in [0.15, 0.2) is 5.82 Å². The Labute approximate surface area is 119 Å². The summed E-state index contributed by atoms with van der Waals surface area (Å²) in [4.78, 5) is 16.1. The van der Waals surface area contributed by atoms with Crippen molar-refractivity contribution in [2.45, 2.75) is 20.3 Å². The van der Waals surface area contributed by atoms with E-state index in [1.165, 1.54) is 0 Å². The van der Waals surface area contributed by atoms with E-state index in [0.29, 0.717) is 30.2 Å². The zero-order valence-electron chi connectivity index (χ0n) is 10.7. The number of aryl methyl sites for hydroxylation is 2. The topological polar surface area (TPSA) is 68.0 Å². The predicted octanol–water partition coefficient (Wildman–Crippen LogP) is 2.42. The van der Waals surface area contributed by atoms with Crippen LogP contribution in [0.3, 0.4) is 0 Å². The molecule has 0 aliphatic heterocycles. The van der Waals surface area contributed by atoms with Crippen LogP contribution in [0.15, 0.2) is 27.2 Å². The maximum atomic E-state index is 12.0. The van der Waals surface area contributed by atoms with Gasteiger partial charge in [-0.2, -0.15) is 4.98 Å². The lowest BCUT2D eigenvalue weighted by Gasteiger charge is -2.07. The first-order valence-corrected chi connectivity index (χ1v) is 6.69. The number of hydrogen-bond acceptors (Lipinski definition) is 4. The molecule has 0 saturated carbocycles. The molecule has 0 aliphatic rings. The van der Waals surface area contributed by atoms with Crippen molar-refractivity contribution in [1.29, 1.82) is 0 Å². The van der Waals surface area contributed by atoms with Gasteiger partial charge in [0.1, 0.15) is 0 Å². The minimum atomic E-state index is -0.115. The lowest BCUT2D eigenvalue weighted by atomic mass is 10.1. The second kappa shape index (κ2) is 5.97. The molecule has 1 aromatic carbocycles. The lowest BCUT2D eigenvalue weighted by molar-refractivity contribution is 0.0953. The number of aromatic nitrogens is 2. The van der Waals surface area contributed by atoms with E-state index in [1.54, 1.807) is 13.0 Å². The Bertz CT molecular complexity index is 595. The van der Waals surface area contributed by atoms with Crippen molar-refractivity contribution in [2.24, 2.45) is 0 Å². The molecule has 19 heavy (non-hydrogen) atoms. The number of benzene rings is 1. The van der Waals surface area contributed by atoms with E-state index < -0.39 is 0 Å². The maximum Gasteiger partial charge on any atom is 0.252 e. The number of halogens is 1. The van der Waals surface area contributed by atoms with E-state index in [2.05, 4.69) is 31.4 Å². The Morgan fingerprint density at radius 1 is 1.42 bits per heavy atom. The van der Waals surface area contributed by atoms with Crippen LogP contribution in [0.1, 0.15) is 27.6 Å². The van der Waals surface area contributed by atoms with Crippen LogP contribution < -0.4 is 5.32 Å². The molecular formula is C13H14BrN3O2. The van der Waals surface area contributed by atoms with Gasteiger partial charge in [-0.3, -0.25) is 4.79 Å². The molecule has 1 N–H and O–H groups in total. The molecule has 100 valence electrons. The van der Waals surface area contributed by atoms with Gasteiger partial charge in [-0.25, -0.2) is 0 Å². The molecule has 0 aliphatic carbocycles. The summed E-state index contributed by atoms with van der Waals surface area (Å²) < 4.78 is 5.68.